The molecule has 1 aromatic heterocycles. The van der Waals surface area contributed by atoms with Crippen molar-refractivity contribution in [3.63, 3.8) is 0 Å². The predicted octanol–water partition coefficient (Wildman–Crippen LogP) is 3.18. The van der Waals surface area contributed by atoms with E-state index in [4.69, 9.17) is 5.73 Å². The Morgan fingerprint density at radius 2 is 2.13 bits per heavy atom. The van der Waals surface area contributed by atoms with Crippen molar-refractivity contribution in [2.24, 2.45) is 22.6 Å². The van der Waals surface area contributed by atoms with Crippen molar-refractivity contribution in [1.29, 1.82) is 0 Å². The Morgan fingerprint density at radius 3 is 2.78 bits per heavy atom. The largest absolute Gasteiger partial charge is 0.370 e. The van der Waals surface area contributed by atoms with E-state index in [0.717, 1.165) is 44.3 Å². The summed E-state index contributed by atoms with van der Waals surface area (Å²) in [6, 6.07) is 4.24. The average Bonchev–Trinajstić information content (AvgIpc) is 2.96. The molecule has 2 heterocycles. The van der Waals surface area contributed by atoms with Crippen LogP contribution in [0.15, 0.2) is 22.5 Å². The van der Waals surface area contributed by atoms with Crippen molar-refractivity contribution < 1.29 is 0 Å². The Kier molecular flexibility index (Phi) is 10.1. The Labute approximate surface area is 161 Å². The zero-order chi connectivity index (χ0) is 15.8. The molecule has 1 aromatic rings. The SMILES string of the molecule is CC1CC(C)CN(CCCN=C(N)NCCc2cccs2)C1.I. The smallest absolute Gasteiger partial charge is 0.188 e. The third-order valence-corrected chi connectivity index (χ3v) is 5.05. The van der Waals surface area contributed by atoms with Crippen LogP contribution in [0.3, 0.4) is 0 Å². The van der Waals surface area contributed by atoms with Gasteiger partial charge in [0.25, 0.3) is 0 Å². The summed E-state index contributed by atoms with van der Waals surface area (Å²) in [4.78, 5) is 8.39. The molecule has 1 saturated heterocycles. The highest BCUT2D eigenvalue weighted by molar-refractivity contribution is 14.0. The van der Waals surface area contributed by atoms with Gasteiger partial charge in [-0.3, -0.25) is 4.99 Å². The van der Waals surface area contributed by atoms with Crippen LogP contribution in [0.1, 0.15) is 31.6 Å². The maximum atomic E-state index is 5.91. The first-order valence-electron chi connectivity index (χ1n) is 8.42. The molecule has 2 rings (SSSR count). The van der Waals surface area contributed by atoms with Crippen molar-refractivity contribution in [2.45, 2.75) is 33.1 Å². The minimum Gasteiger partial charge on any atom is -0.370 e. The van der Waals surface area contributed by atoms with Crippen molar-refractivity contribution in [2.75, 3.05) is 32.7 Å². The molecule has 0 aromatic carbocycles. The molecule has 6 heteroatoms. The monoisotopic (exact) mass is 450 g/mol. The molecule has 2 atom stereocenters. The quantitative estimate of drug-likeness (QED) is 0.291. The maximum absolute atomic E-state index is 5.91. The molecular weight excluding hydrogens is 419 g/mol. The van der Waals surface area contributed by atoms with Gasteiger partial charge in [-0.2, -0.15) is 0 Å². The van der Waals surface area contributed by atoms with Crippen molar-refractivity contribution in [1.82, 2.24) is 10.2 Å². The molecule has 1 fully saturated rings. The summed E-state index contributed by atoms with van der Waals surface area (Å²) in [5.41, 5.74) is 5.91. The molecular formula is C17H31IN4S. The number of nitrogens with one attached hydrogen (secondary N) is 1. The van der Waals surface area contributed by atoms with Crippen LogP contribution in [0.5, 0.6) is 0 Å². The number of nitrogens with two attached hydrogens (primary N) is 1. The highest BCUT2D eigenvalue weighted by Crippen LogP contribution is 2.20. The zero-order valence-electron chi connectivity index (χ0n) is 14.3. The Balaban J connectivity index is 0.00000264. The van der Waals surface area contributed by atoms with Gasteiger partial charge in [0.15, 0.2) is 5.96 Å². The van der Waals surface area contributed by atoms with E-state index in [1.807, 2.05) is 0 Å². The zero-order valence-corrected chi connectivity index (χ0v) is 17.5. The van der Waals surface area contributed by atoms with Gasteiger partial charge >= 0.3 is 0 Å². The van der Waals surface area contributed by atoms with E-state index in [1.54, 1.807) is 11.3 Å². The number of nitrogens with zero attached hydrogens (tertiary/aromatic N) is 2. The summed E-state index contributed by atoms with van der Waals surface area (Å²) in [5, 5.41) is 5.30. The fourth-order valence-electron chi connectivity index (χ4n) is 3.29. The van der Waals surface area contributed by atoms with E-state index in [2.05, 4.69) is 46.6 Å². The van der Waals surface area contributed by atoms with Gasteiger partial charge in [-0.1, -0.05) is 19.9 Å². The van der Waals surface area contributed by atoms with E-state index >= 15 is 0 Å². The lowest BCUT2D eigenvalue weighted by molar-refractivity contribution is 0.140. The standard InChI is InChI=1S/C17H30N4S.HI/c1-14-11-15(2)13-21(12-14)9-4-7-19-17(18)20-8-6-16-5-3-10-22-16;/h3,5,10,14-15H,4,6-9,11-13H2,1-2H3,(H3,18,19,20);1H. The third kappa shape index (κ3) is 8.35. The first-order valence-corrected chi connectivity index (χ1v) is 9.30. The van der Waals surface area contributed by atoms with Crippen LogP contribution in [-0.2, 0) is 6.42 Å². The van der Waals surface area contributed by atoms with E-state index < -0.39 is 0 Å². The molecule has 2 unspecified atom stereocenters. The molecule has 0 bridgehead atoms. The van der Waals surface area contributed by atoms with Crippen LogP contribution in [0.25, 0.3) is 0 Å². The molecule has 132 valence electrons. The molecule has 1 aliphatic heterocycles. The van der Waals surface area contributed by atoms with Gasteiger partial charge in [-0.05, 0) is 49.1 Å². The van der Waals surface area contributed by atoms with Gasteiger partial charge in [-0.15, -0.1) is 35.3 Å². The first-order chi connectivity index (χ1) is 10.6. The van der Waals surface area contributed by atoms with Gasteiger partial charge < -0.3 is 16.0 Å². The predicted molar refractivity (Wildman–Crippen MR) is 112 cm³/mol. The lowest BCUT2D eigenvalue weighted by Crippen LogP contribution is -2.39. The number of likely N-dealkylation sites (tertiary alicyclic amines) is 1. The average molecular weight is 450 g/mol. The summed E-state index contributed by atoms with van der Waals surface area (Å²) < 4.78 is 0. The lowest BCUT2D eigenvalue weighted by atomic mass is 9.92. The number of rotatable bonds is 7. The second kappa shape index (κ2) is 11.3. The highest BCUT2D eigenvalue weighted by atomic mass is 127. The van der Waals surface area contributed by atoms with Gasteiger partial charge in [0.1, 0.15) is 0 Å². The molecule has 0 spiro atoms. The van der Waals surface area contributed by atoms with Crippen LogP contribution in [0.2, 0.25) is 0 Å². The molecule has 0 saturated carbocycles. The first kappa shape index (κ1) is 20.7. The minimum atomic E-state index is 0. The molecule has 4 nitrogen and oxygen atoms in total. The van der Waals surface area contributed by atoms with Gasteiger partial charge in [-0.25, -0.2) is 0 Å². The molecule has 3 N–H and O–H groups in total. The number of halogens is 1. The maximum Gasteiger partial charge on any atom is 0.188 e. The molecule has 0 amide bonds. The lowest BCUT2D eigenvalue weighted by Gasteiger charge is -2.34. The summed E-state index contributed by atoms with van der Waals surface area (Å²) in [7, 11) is 0. The van der Waals surface area contributed by atoms with Gasteiger partial charge in [0, 0.05) is 31.1 Å². The van der Waals surface area contributed by atoms with E-state index in [-0.39, 0.29) is 24.0 Å². The number of hydrogen-bond acceptors (Lipinski definition) is 3. The van der Waals surface area contributed by atoms with Crippen LogP contribution >= 0.6 is 35.3 Å². The second-order valence-electron chi connectivity index (χ2n) is 6.58. The summed E-state index contributed by atoms with van der Waals surface area (Å²) in [6.45, 7) is 10.0. The molecule has 23 heavy (non-hydrogen) atoms. The Bertz CT molecular complexity index is 439. The normalized spacial score (nSPS) is 22.6. The van der Waals surface area contributed by atoms with Crippen molar-refractivity contribution in [3.05, 3.63) is 22.4 Å². The Hall–Kier alpha value is -0.340. The van der Waals surface area contributed by atoms with Crippen LogP contribution < -0.4 is 11.1 Å². The number of guanidine groups is 1. The van der Waals surface area contributed by atoms with Gasteiger partial charge in [0.2, 0.25) is 0 Å². The van der Waals surface area contributed by atoms with Gasteiger partial charge in [0.05, 0.1) is 0 Å². The fourth-order valence-corrected chi connectivity index (χ4v) is 4.00. The van der Waals surface area contributed by atoms with Crippen LogP contribution in [-0.4, -0.2) is 43.6 Å². The summed E-state index contributed by atoms with van der Waals surface area (Å²) in [5.74, 6) is 2.24. The summed E-state index contributed by atoms with van der Waals surface area (Å²) >= 11 is 1.79. The third-order valence-electron chi connectivity index (χ3n) is 4.12. The minimum absolute atomic E-state index is 0. The second-order valence-corrected chi connectivity index (χ2v) is 7.61. The Morgan fingerprint density at radius 1 is 1.39 bits per heavy atom. The summed E-state index contributed by atoms with van der Waals surface area (Å²) in [6.07, 6.45) is 3.47. The number of aliphatic imine (C=N–C) groups is 1. The fraction of sp³-hybridized carbons (Fsp3) is 0.706. The molecule has 0 aliphatic carbocycles. The molecule has 0 radical (unpaired) electrons. The number of thiophene rings is 1. The van der Waals surface area contributed by atoms with Crippen molar-refractivity contribution >= 4 is 41.3 Å². The number of piperidine rings is 1. The topological polar surface area (TPSA) is 53.6 Å². The van der Waals surface area contributed by atoms with Crippen molar-refractivity contribution in [3.8, 4) is 0 Å². The van der Waals surface area contributed by atoms with Crippen LogP contribution in [0, 0.1) is 11.8 Å². The molecule has 1 aliphatic rings. The highest BCUT2D eigenvalue weighted by Gasteiger charge is 2.20. The van der Waals surface area contributed by atoms with Crippen LogP contribution in [0.4, 0.5) is 0 Å². The van der Waals surface area contributed by atoms with E-state index in [9.17, 15) is 0 Å². The number of hydrogen-bond donors (Lipinski definition) is 2. The van der Waals surface area contributed by atoms with E-state index in [1.165, 1.54) is 24.4 Å². The van der Waals surface area contributed by atoms with E-state index in [0.29, 0.717) is 5.96 Å².